The lowest BCUT2D eigenvalue weighted by Gasteiger charge is -2.21. The van der Waals surface area contributed by atoms with E-state index < -0.39 is 10.0 Å². The van der Waals surface area contributed by atoms with Crippen LogP contribution in [-0.2, 0) is 16.6 Å². The Kier molecular flexibility index (Phi) is 4.95. The monoisotopic (exact) mass is 307 g/mol. The van der Waals surface area contributed by atoms with E-state index in [1.165, 1.54) is 28.6 Å². The van der Waals surface area contributed by atoms with Crippen LogP contribution in [0.25, 0.3) is 0 Å². The zero-order valence-electron chi connectivity index (χ0n) is 11.4. The normalized spacial score (nSPS) is 11.7. The lowest BCUT2D eigenvalue weighted by molar-refractivity contribution is 0.251. The van der Waals surface area contributed by atoms with Crippen LogP contribution in [-0.4, -0.2) is 36.1 Å². The maximum absolute atomic E-state index is 12.6. The van der Waals surface area contributed by atoms with Gasteiger partial charge in [-0.1, -0.05) is 36.4 Å². The molecule has 112 valence electrons. The van der Waals surface area contributed by atoms with Gasteiger partial charge in [0.15, 0.2) is 0 Å². The summed E-state index contributed by atoms with van der Waals surface area (Å²) in [7, 11) is -3.77. The molecule has 2 rings (SSSR count). The van der Waals surface area contributed by atoms with Gasteiger partial charge in [-0.25, -0.2) is 8.42 Å². The minimum absolute atomic E-state index is 0.00637. The van der Waals surface area contributed by atoms with E-state index in [9.17, 15) is 13.5 Å². The van der Waals surface area contributed by atoms with Crippen molar-refractivity contribution in [2.24, 2.45) is 0 Å². The van der Waals surface area contributed by atoms with Crippen LogP contribution in [0.5, 0.6) is 5.75 Å². The van der Waals surface area contributed by atoms with Crippen LogP contribution in [0.1, 0.15) is 5.56 Å². The van der Waals surface area contributed by atoms with Crippen molar-refractivity contribution in [3.63, 3.8) is 0 Å². The first-order valence-corrected chi connectivity index (χ1v) is 7.92. The van der Waals surface area contributed by atoms with Crippen LogP contribution in [0.4, 0.5) is 0 Å². The Morgan fingerprint density at radius 1 is 1.00 bits per heavy atom. The minimum Gasteiger partial charge on any atom is -0.508 e. The molecular weight excluding hydrogens is 290 g/mol. The third-order valence-electron chi connectivity index (χ3n) is 3.01. The largest absolute Gasteiger partial charge is 0.508 e. The highest BCUT2D eigenvalue weighted by Gasteiger charge is 2.24. The summed E-state index contributed by atoms with van der Waals surface area (Å²) >= 11 is 0. The van der Waals surface area contributed by atoms with E-state index >= 15 is 0 Å². The third kappa shape index (κ3) is 3.81. The summed E-state index contributed by atoms with van der Waals surface area (Å²) < 4.78 is 26.4. The molecule has 0 aliphatic rings. The second kappa shape index (κ2) is 6.71. The average molecular weight is 307 g/mol. The van der Waals surface area contributed by atoms with Gasteiger partial charge in [0, 0.05) is 13.1 Å². The highest BCUT2D eigenvalue weighted by Crippen LogP contribution is 2.21. The third-order valence-corrected chi connectivity index (χ3v) is 4.85. The van der Waals surface area contributed by atoms with E-state index in [1.807, 2.05) is 30.3 Å². The predicted molar refractivity (Wildman–Crippen MR) is 79.2 cm³/mol. The van der Waals surface area contributed by atoms with Crippen molar-refractivity contribution in [2.45, 2.75) is 11.4 Å². The van der Waals surface area contributed by atoms with Crippen LogP contribution in [0.2, 0.25) is 0 Å². The van der Waals surface area contributed by atoms with Crippen molar-refractivity contribution in [1.29, 1.82) is 0 Å². The van der Waals surface area contributed by atoms with Gasteiger partial charge in [0.2, 0.25) is 10.0 Å². The number of sulfonamides is 1. The molecule has 0 amide bonds. The molecule has 5 nitrogen and oxygen atoms in total. The number of hydrogen-bond donors (Lipinski definition) is 2. The van der Waals surface area contributed by atoms with Gasteiger partial charge in [0.1, 0.15) is 5.75 Å². The summed E-state index contributed by atoms with van der Waals surface area (Å²) in [6.45, 7) is -0.114. The van der Waals surface area contributed by atoms with Gasteiger partial charge in [0.25, 0.3) is 0 Å². The first-order valence-electron chi connectivity index (χ1n) is 6.48. The molecule has 21 heavy (non-hydrogen) atoms. The van der Waals surface area contributed by atoms with Crippen LogP contribution >= 0.6 is 0 Å². The fourth-order valence-electron chi connectivity index (χ4n) is 1.98. The number of aliphatic hydroxyl groups excluding tert-OH is 1. The summed E-state index contributed by atoms with van der Waals surface area (Å²) in [5.41, 5.74) is 0.828. The Labute approximate surface area is 124 Å². The number of phenols is 1. The number of phenolic OH excluding ortho intramolecular Hbond substituents is 1. The summed E-state index contributed by atoms with van der Waals surface area (Å²) in [6.07, 6.45) is 0. The smallest absolute Gasteiger partial charge is 0.243 e. The average Bonchev–Trinajstić information content (AvgIpc) is 2.48. The van der Waals surface area contributed by atoms with Gasteiger partial charge in [-0.05, 0) is 23.8 Å². The molecule has 0 aliphatic carbocycles. The molecule has 0 unspecified atom stereocenters. The maximum Gasteiger partial charge on any atom is 0.243 e. The predicted octanol–water partition coefficient (Wildman–Crippen LogP) is 1.58. The molecule has 0 aliphatic heterocycles. The van der Waals surface area contributed by atoms with E-state index in [4.69, 9.17) is 5.11 Å². The van der Waals surface area contributed by atoms with Crippen LogP contribution in [0, 0.1) is 0 Å². The Bertz CT molecular complexity index is 686. The van der Waals surface area contributed by atoms with Crippen LogP contribution < -0.4 is 0 Å². The van der Waals surface area contributed by atoms with Crippen LogP contribution in [0.3, 0.4) is 0 Å². The molecule has 0 aromatic heterocycles. The first-order chi connectivity index (χ1) is 10.0. The lowest BCUT2D eigenvalue weighted by atomic mass is 10.2. The molecule has 2 N–H and O–H groups in total. The number of aromatic hydroxyl groups is 1. The summed E-state index contributed by atoms with van der Waals surface area (Å²) in [5, 5.41) is 18.6. The Balaban J connectivity index is 2.32. The quantitative estimate of drug-likeness (QED) is 0.849. The van der Waals surface area contributed by atoms with E-state index in [2.05, 4.69) is 0 Å². The molecule has 0 bridgehead atoms. The highest BCUT2D eigenvalue weighted by atomic mass is 32.2. The van der Waals surface area contributed by atoms with Gasteiger partial charge in [-0.15, -0.1) is 0 Å². The molecule has 0 atom stereocenters. The second-order valence-corrected chi connectivity index (χ2v) is 6.48. The Morgan fingerprint density at radius 2 is 1.71 bits per heavy atom. The standard InChI is InChI=1S/C15H17NO4S/c17-10-9-16(12-13-5-2-1-3-6-13)21(19,20)15-8-4-7-14(18)11-15/h1-8,11,17-18H,9-10,12H2. The molecule has 0 fully saturated rings. The Hall–Kier alpha value is -1.89. The van der Waals surface area contributed by atoms with Crippen molar-refractivity contribution < 1.29 is 18.6 Å². The fraction of sp³-hybridized carbons (Fsp3) is 0.200. The highest BCUT2D eigenvalue weighted by molar-refractivity contribution is 7.89. The molecule has 0 saturated carbocycles. The summed E-state index contributed by atoms with van der Waals surface area (Å²) in [5.74, 6) is -0.111. The lowest BCUT2D eigenvalue weighted by Crippen LogP contribution is -2.33. The van der Waals surface area contributed by atoms with Crippen molar-refractivity contribution >= 4 is 10.0 Å². The van der Waals surface area contributed by atoms with Gasteiger partial charge in [0.05, 0.1) is 11.5 Å². The van der Waals surface area contributed by atoms with Crippen LogP contribution in [0.15, 0.2) is 59.5 Å². The second-order valence-electron chi connectivity index (χ2n) is 4.55. The van der Waals surface area contributed by atoms with E-state index in [-0.39, 0.29) is 30.3 Å². The van der Waals surface area contributed by atoms with Crippen molar-refractivity contribution in [3.8, 4) is 5.75 Å². The number of aliphatic hydroxyl groups is 1. The summed E-state index contributed by atoms with van der Waals surface area (Å²) in [4.78, 5) is 0.00637. The first kappa shape index (κ1) is 15.5. The molecule has 0 heterocycles. The van der Waals surface area contributed by atoms with E-state index in [0.29, 0.717) is 0 Å². The number of hydrogen-bond acceptors (Lipinski definition) is 4. The Morgan fingerprint density at radius 3 is 2.33 bits per heavy atom. The van der Waals surface area contributed by atoms with E-state index in [0.717, 1.165) is 5.56 Å². The molecule has 2 aromatic carbocycles. The molecule has 0 saturated heterocycles. The molecule has 0 spiro atoms. The number of nitrogens with zero attached hydrogens (tertiary/aromatic N) is 1. The molecule has 0 radical (unpaired) electrons. The summed E-state index contributed by atoms with van der Waals surface area (Å²) in [6, 6.07) is 14.7. The van der Waals surface area contributed by atoms with Crippen molar-refractivity contribution in [3.05, 3.63) is 60.2 Å². The fourth-order valence-corrected chi connectivity index (χ4v) is 3.44. The molecule has 2 aromatic rings. The number of rotatable bonds is 6. The topological polar surface area (TPSA) is 77.8 Å². The van der Waals surface area contributed by atoms with Gasteiger partial charge in [-0.3, -0.25) is 0 Å². The molecule has 6 heteroatoms. The minimum atomic E-state index is -3.77. The number of benzene rings is 2. The van der Waals surface area contributed by atoms with Crippen molar-refractivity contribution in [1.82, 2.24) is 4.31 Å². The van der Waals surface area contributed by atoms with Gasteiger partial charge < -0.3 is 10.2 Å². The zero-order valence-corrected chi connectivity index (χ0v) is 12.2. The SMILES string of the molecule is O=S(=O)(c1cccc(O)c1)N(CCO)Cc1ccccc1. The zero-order chi connectivity index (χ0) is 15.3. The van der Waals surface area contributed by atoms with Crippen molar-refractivity contribution in [2.75, 3.05) is 13.2 Å². The van der Waals surface area contributed by atoms with Gasteiger partial charge >= 0.3 is 0 Å². The van der Waals surface area contributed by atoms with E-state index in [1.54, 1.807) is 0 Å². The maximum atomic E-state index is 12.6. The van der Waals surface area contributed by atoms with Gasteiger partial charge in [-0.2, -0.15) is 4.31 Å². The molecular formula is C15H17NO4S.